The highest BCUT2D eigenvalue weighted by atomic mass is 32.1. The minimum Gasteiger partial charge on any atom is -0.305 e. The fraction of sp³-hybridized carbons (Fsp3) is 0.125. The molecule has 0 saturated carbocycles. The fourth-order valence-electron chi connectivity index (χ4n) is 1.08. The summed E-state index contributed by atoms with van der Waals surface area (Å²) < 4.78 is 1.28. The number of hydrogen-bond acceptors (Lipinski definition) is 6. The summed E-state index contributed by atoms with van der Waals surface area (Å²) in [6.07, 6.45) is 3.36. The van der Waals surface area contributed by atoms with Gasteiger partial charge < -0.3 is 5.32 Å². The molecule has 2 aromatic heterocycles. The van der Waals surface area contributed by atoms with Gasteiger partial charge in [-0.25, -0.2) is 4.98 Å². The van der Waals surface area contributed by atoms with Crippen molar-refractivity contribution in [3.8, 4) is 0 Å². The van der Waals surface area contributed by atoms with E-state index >= 15 is 0 Å². The number of amides is 1. The molecule has 0 unspecified atom stereocenters. The van der Waals surface area contributed by atoms with Crippen LogP contribution in [-0.2, 0) is 11.2 Å². The first kappa shape index (κ1) is 10.4. The van der Waals surface area contributed by atoms with E-state index in [1.54, 1.807) is 5.38 Å². The Morgan fingerprint density at radius 1 is 1.50 bits per heavy atom. The maximum absolute atomic E-state index is 11.6. The van der Waals surface area contributed by atoms with Crippen molar-refractivity contribution < 1.29 is 9.59 Å². The SMILES string of the molecule is O=CNc1nc(CC(=O)n2cnnc2)cs1. The van der Waals surface area contributed by atoms with Crippen molar-refractivity contribution in [2.45, 2.75) is 6.42 Å². The number of aromatic nitrogens is 4. The molecule has 7 nitrogen and oxygen atoms in total. The number of nitrogens with zero attached hydrogens (tertiary/aromatic N) is 4. The summed E-state index contributed by atoms with van der Waals surface area (Å²) in [6, 6.07) is 0. The summed E-state index contributed by atoms with van der Waals surface area (Å²) in [6.45, 7) is 0. The zero-order chi connectivity index (χ0) is 11.4. The maximum atomic E-state index is 11.6. The van der Waals surface area contributed by atoms with Gasteiger partial charge in [0.1, 0.15) is 12.7 Å². The Kier molecular flexibility index (Phi) is 3.01. The second kappa shape index (κ2) is 4.62. The van der Waals surface area contributed by atoms with Crippen LogP contribution in [0, 0.1) is 0 Å². The topological polar surface area (TPSA) is 89.8 Å². The molecule has 2 heterocycles. The molecule has 1 N–H and O–H groups in total. The van der Waals surface area contributed by atoms with Gasteiger partial charge in [-0.05, 0) is 0 Å². The van der Waals surface area contributed by atoms with E-state index in [1.807, 2.05) is 0 Å². The zero-order valence-corrected chi connectivity index (χ0v) is 8.85. The number of carbonyl (C=O) groups excluding carboxylic acids is 2. The Bertz CT molecular complexity index is 492. The smallest absolute Gasteiger partial charge is 0.239 e. The number of thiazole rings is 1. The molecule has 8 heteroatoms. The van der Waals surface area contributed by atoms with Crippen LogP contribution in [0.3, 0.4) is 0 Å². The molecule has 0 aromatic carbocycles. The third-order valence-corrected chi connectivity index (χ3v) is 2.60. The van der Waals surface area contributed by atoms with Gasteiger partial charge in [0.25, 0.3) is 0 Å². The van der Waals surface area contributed by atoms with E-state index in [0.29, 0.717) is 17.2 Å². The highest BCUT2D eigenvalue weighted by molar-refractivity contribution is 7.13. The van der Waals surface area contributed by atoms with Crippen LogP contribution in [0.25, 0.3) is 0 Å². The molecule has 0 atom stereocenters. The van der Waals surface area contributed by atoms with Crippen LogP contribution in [0.5, 0.6) is 0 Å². The molecule has 0 aliphatic rings. The molecule has 0 aliphatic heterocycles. The zero-order valence-electron chi connectivity index (χ0n) is 8.03. The Balaban J connectivity index is 2.03. The van der Waals surface area contributed by atoms with Gasteiger partial charge in [0.2, 0.25) is 12.3 Å². The second-order valence-electron chi connectivity index (χ2n) is 2.85. The minimum atomic E-state index is -0.173. The predicted molar refractivity (Wildman–Crippen MR) is 56.2 cm³/mol. The summed E-state index contributed by atoms with van der Waals surface area (Å²) in [7, 11) is 0. The van der Waals surface area contributed by atoms with Gasteiger partial charge in [-0.3, -0.25) is 14.2 Å². The second-order valence-corrected chi connectivity index (χ2v) is 3.70. The van der Waals surface area contributed by atoms with Crippen molar-refractivity contribution in [3.63, 3.8) is 0 Å². The van der Waals surface area contributed by atoms with Crippen molar-refractivity contribution in [2.24, 2.45) is 0 Å². The normalized spacial score (nSPS) is 10.0. The van der Waals surface area contributed by atoms with Crippen molar-refractivity contribution in [1.29, 1.82) is 0 Å². The third kappa shape index (κ3) is 2.28. The standard InChI is InChI=1S/C8H7N5O2S/c14-5-9-8-12-6(2-16-8)1-7(15)13-3-10-11-4-13/h2-5H,1H2,(H,9,12,14). The average molecular weight is 237 g/mol. The van der Waals surface area contributed by atoms with Gasteiger partial charge in [-0.1, -0.05) is 0 Å². The van der Waals surface area contributed by atoms with Gasteiger partial charge >= 0.3 is 0 Å². The summed E-state index contributed by atoms with van der Waals surface area (Å²) in [5.41, 5.74) is 0.605. The van der Waals surface area contributed by atoms with Crippen LogP contribution in [0.4, 0.5) is 5.13 Å². The number of rotatable bonds is 4. The molecule has 0 aliphatic carbocycles. The first-order chi connectivity index (χ1) is 7.79. The molecule has 0 saturated heterocycles. The van der Waals surface area contributed by atoms with Crippen molar-refractivity contribution in [1.82, 2.24) is 19.7 Å². The summed E-state index contributed by atoms with van der Waals surface area (Å²) >= 11 is 1.27. The molecule has 2 aromatic rings. The lowest BCUT2D eigenvalue weighted by Crippen LogP contribution is -2.11. The van der Waals surface area contributed by atoms with Gasteiger partial charge in [0.15, 0.2) is 5.13 Å². The van der Waals surface area contributed by atoms with Crippen LogP contribution < -0.4 is 5.32 Å². The van der Waals surface area contributed by atoms with Crippen molar-refractivity contribution >= 4 is 28.8 Å². The van der Waals surface area contributed by atoms with Crippen molar-refractivity contribution in [2.75, 3.05) is 5.32 Å². The monoisotopic (exact) mass is 237 g/mol. The molecular weight excluding hydrogens is 230 g/mol. The highest BCUT2D eigenvalue weighted by Gasteiger charge is 2.09. The van der Waals surface area contributed by atoms with E-state index < -0.39 is 0 Å². The van der Waals surface area contributed by atoms with Crippen LogP contribution in [-0.4, -0.2) is 32.1 Å². The Hall–Kier alpha value is -2.09. The fourth-order valence-corrected chi connectivity index (χ4v) is 1.75. The quantitative estimate of drug-likeness (QED) is 0.766. The van der Waals surface area contributed by atoms with Crippen LogP contribution in [0.2, 0.25) is 0 Å². The lowest BCUT2D eigenvalue weighted by atomic mass is 10.3. The first-order valence-electron chi connectivity index (χ1n) is 4.32. The van der Waals surface area contributed by atoms with Crippen LogP contribution >= 0.6 is 11.3 Å². The molecule has 1 amide bonds. The van der Waals surface area contributed by atoms with E-state index in [1.165, 1.54) is 28.6 Å². The molecule has 2 rings (SSSR count). The van der Waals surface area contributed by atoms with Gasteiger partial charge in [0, 0.05) is 5.38 Å². The van der Waals surface area contributed by atoms with Gasteiger partial charge in [0.05, 0.1) is 12.1 Å². The highest BCUT2D eigenvalue weighted by Crippen LogP contribution is 2.15. The van der Waals surface area contributed by atoms with Gasteiger partial charge in [-0.2, -0.15) is 0 Å². The van der Waals surface area contributed by atoms with Crippen LogP contribution in [0.15, 0.2) is 18.0 Å². The number of hydrogen-bond donors (Lipinski definition) is 1. The molecular formula is C8H7N5O2S. The van der Waals surface area contributed by atoms with Gasteiger partial charge in [-0.15, -0.1) is 21.5 Å². The van der Waals surface area contributed by atoms with E-state index in [-0.39, 0.29) is 12.3 Å². The molecule has 0 fully saturated rings. The first-order valence-corrected chi connectivity index (χ1v) is 5.20. The number of anilines is 1. The predicted octanol–water partition coefficient (Wildman–Crippen LogP) is 0.186. The molecule has 0 bridgehead atoms. The lowest BCUT2D eigenvalue weighted by molar-refractivity contribution is -0.105. The third-order valence-electron chi connectivity index (χ3n) is 1.77. The number of carbonyl (C=O) groups is 2. The number of nitrogens with one attached hydrogen (secondary N) is 1. The van der Waals surface area contributed by atoms with E-state index in [4.69, 9.17) is 0 Å². The molecule has 82 valence electrons. The summed E-state index contributed by atoms with van der Waals surface area (Å²) in [5, 5.41) is 11.7. The Morgan fingerprint density at radius 2 is 2.25 bits per heavy atom. The largest absolute Gasteiger partial charge is 0.305 e. The summed E-state index contributed by atoms with van der Waals surface area (Å²) in [5.74, 6) is -0.173. The molecule has 0 radical (unpaired) electrons. The van der Waals surface area contributed by atoms with Crippen LogP contribution in [0.1, 0.15) is 10.5 Å². The average Bonchev–Trinajstić information content (AvgIpc) is 2.89. The van der Waals surface area contributed by atoms with Crippen molar-refractivity contribution in [3.05, 3.63) is 23.7 Å². The molecule has 0 spiro atoms. The minimum absolute atomic E-state index is 0.148. The van der Waals surface area contributed by atoms with E-state index in [9.17, 15) is 9.59 Å². The van der Waals surface area contributed by atoms with E-state index in [2.05, 4.69) is 20.5 Å². The maximum Gasteiger partial charge on any atom is 0.239 e. The Morgan fingerprint density at radius 3 is 2.94 bits per heavy atom. The summed E-state index contributed by atoms with van der Waals surface area (Å²) in [4.78, 5) is 25.8. The lowest BCUT2D eigenvalue weighted by Gasteiger charge is -1.96. The molecule has 16 heavy (non-hydrogen) atoms. The Labute approximate surface area is 94.1 Å². The van der Waals surface area contributed by atoms with E-state index in [0.717, 1.165) is 0 Å².